The van der Waals surface area contributed by atoms with Gasteiger partial charge in [-0.15, -0.1) is 0 Å². The van der Waals surface area contributed by atoms with E-state index in [4.69, 9.17) is 0 Å². The first-order valence-electron chi connectivity index (χ1n) is 7.68. The van der Waals surface area contributed by atoms with Crippen LogP contribution in [0.5, 0.6) is 0 Å². The monoisotopic (exact) mass is 313 g/mol. The summed E-state index contributed by atoms with van der Waals surface area (Å²) in [5, 5.41) is 11.5. The van der Waals surface area contributed by atoms with Crippen molar-refractivity contribution in [2.75, 3.05) is 0 Å². The Morgan fingerprint density at radius 3 is 2.00 bits per heavy atom. The number of hydrogen-bond acceptors (Lipinski definition) is 1. The molecule has 1 heterocycles. The zero-order valence-corrected chi connectivity index (χ0v) is 12.9. The molecule has 1 N–H and O–H groups in total. The summed E-state index contributed by atoms with van der Waals surface area (Å²) >= 11 is 0. The fourth-order valence-electron chi connectivity index (χ4n) is 3.16. The number of aromatic nitrogens is 1. The van der Waals surface area contributed by atoms with Gasteiger partial charge in [0.25, 0.3) is 0 Å². The first-order chi connectivity index (χ1) is 11.7. The van der Waals surface area contributed by atoms with Crippen molar-refractivity contribution in [3.63, 3.8) is 0 Å². The van der Waals surface area contributed by atoms with Gasteiger partial charge in [-0.25, -0.2) is 4.79 Å². The minimum Gasteiger partial charge on any atom is -0.478 e. The summed E-state index contributed by atoms with van der Waals surface area (Å²) < 4.78 is 2.16. The van der Waals surface area contributed by atoms with Crippen LogP contribution in [-0.2, 0) is 4.79 Å². The number of hydrogen-bond donors (Lipinski definition) is 1. The van der Waals surface area contributed by atoms with E-state index < -0.39 is 5.97 Å². The number of fused-ring (bicyclic) bond motifs is 3. The highest BCUT2D eigenvalue weighted by molar-refractivity contribution is 6.14. The van der Waals surface area contributed by atoms with Gasteiger partial charge in [0.2, 0.25) is 0 Å². The average molecular weight is 313 g/mol. The molecule has 4 aromatic rings. The maximum absolute atomic E-state index is 11.2. The molecule has 0 saturated carbocycles. The highest BCUT2D eigenvalue weighted by Gasteiger charge is 2.13. The lowest BCUT2D eigenvalue weighted by Gasteiger charge is -2.10. The predicted molar refractivity (Wildman–Crippen MR) is 97.5 cm³/mol. The second kappa shape index (κ2) is 5.39. The minimum atomic E-state index is -1.01. The molecule has 3 heteroatoms. The molecule has 4 rings (SSSR count). The Morgan fingerprint density at radius 1 is 0.833 bits per heavy atom. The molecule has 24 heavy (non-hydrogen) atoms. The number of carbonyl (C=O) groups is 1. The van der Waals surface area contributed by atoms with Crippen LogP contribution in [0, 0.1) is 0 Å². The molecule has 0 bridgehead atoms. The average Bonchev–Trinajstić information content (AvgIpc) is 2.95. The Hall–Kier alpha value is -3.33. The molecule has 116 valence electrons. The second-order valence-corrected chi connectivity index (χ2v) is 5.70. The van der Waals surface area contributed by atoms with Gasteiger partial charge in [-0.2, -0.15) is 0 Å². The number of carboxylic acids is 1. The highest BCUT2D eigenvalue weighted by Crippen LogP contribution is 2.32. The number of nitrogens with zero attached hydrogens (tertiary/aromatic N) is 1. The maximum atomic E-state index is 11.2. The first kappa shape index (κ1) is 14.3. The van der Waals surface area contributed by atoms with Crippen LogP contribution in [0.25, 0.3) is 33.1 Å². The zero-order valence-electron chi connectivity index (χ0n) is 12.9. The predicted octanol–water partition coefficient (Wildman–Crippen LogP) is 4.88. The van der Waals surface area contributed by atoms with Gasteiger partial charge in [0.1, 0.15) is 0 Å². The fourth-order valence-corrected chi connectivity index (χ4v) is 3.16. The molecular weight excluding hydrogens is 298 g/mol. The summed E-state index contributed by atoms with van der Waals surface area (Å²) in [6.07, 6.45) is 0. The van der Waals surface area contributed by atoms with Crippen molar-refractivity contribution in [2.24, 2.45) is 0 Å². The lowest BCUT2D eigenvalue weighted by molar-refractivity contribution is -0.130. The Kier molecular flexibility index (Phi) is 3.21. The summed E-state index contributed by atoms with van der Waals surface area (Å²) in [7, 11) is 0. The fraction of sp³-hybridized carbons (Fsp3) is 0. The molecule has 1 aromatic heterocycles. The quantitative estimate of drug-likeness (QED) is 0.548. The molecule has 0 aliphatic carbocycles. The van der Waals surface area contributed by atoms with Gasteiger partial charge < -0.3 is 9.67 Å². The summed E-state index contributed by atoms with van der Waals surface area (Å²) in [5.41, 5.74) is 3.82. The van der Waals surface area contributed by atoms with Crippen LogP contribution in [0.1, 0.15) is 5.56 Å². The standard InChI is InChI=1S/C21H15NO2/c1-14(21(23)24)15-7-6-8-16(13-15)22-19-11-4-2-9-17(19)18-10-3-5-12-20(18)22/h2-13H,1H2,(H,23,24). The third-order valence-corrected chi connectivity index (χ3v) is 4.29. The lowest BCUT2D eigenvalue weighted by atomic mass is 10.1. The normalized spacial score (nSPS) is 11.0. The summed E-state index contributed by atoms with van der Waals surface area (Å²) in [6, 6.07) is 23.9. The van der Waals surface area contributed by atoms with Crippen molar-refractivity contribution in [1.82, 2.24) is 4.57 Å². The van der Waals surface area contributed by atoms with Crippen LogP contribution in [0.4, 0.5) is 0 Å². The third kappa shape index (κ3) is 2.10. The SMILES string of the molecule is C=C(C(=O)O)c1cccc(-n2c3ccccc3c3ccccc32)c1. The molecule has 0 saturated heterocycles. The first-order valence-corrected chi connectivity index (χ1v) is 7.68. The van der Waals surface area contributed by atoms with Crippen LogP contribution in [0.2, 0.25) is 0 Å². The van der Waals surface area contributed by atoms with E-state index in [9.17, 15) is 9.90 Å². The molecule has 0 atom stereocenters. The van der Waals surface area contributed by atoms with E-state index in [0.29, 0.717) is 5.56 Å². The van der Waals surface area contributed by atoms with Crippen molar-refractivity contribution in [3.05, 3.63) is 84.9 Å². The molecule has 0 aliphatic heterocycles. The van der Waals surface area contributed by atoms with E-state index in [2.05, 4.69) is 35.4 Å². The maximum Gasteiger partial charge on any atom is 0.335 e. The zero-order chi connectivity index (χ0) is 16.7. The Balaban J connectivity index is 2.04. The van der Waals surface area contributed by atoms with E-state index in [1.807, 2.05) is 42.5 Å². The van der Waals surface area contributed by atoms with Crippen LogP contribution in [0.15, 0.2) is 79.4 Å². The van der Waals surface area contributed by atoms with E-state index in [1.165, 1.54) is 10.8 Å². The largest absolute Gasteiger partial charge is 0.478 e. The molecule has 0 radical (unpaired) electrons. The summed E-state index contributed by atoms with van der Waals surface area (Å²) in [5.74, 6) is -1.01. The van der Waals surface area contributed by atoms with Crippen molar-refractivity contribution < 1.29 is 9.90 Å². The van der Waals surface area contributed by atoms with E-state index in [-0.39, 0.29) is 5.57 Å². The van der Waals surface area contributed by atoms with E-state index in [1.54, 1.807) is 6.07 Å². The van der Waals surface area contributed by atoms with Gasteiger partial charge in [-0.3, -0.25) is 0 Å². The topological polar surface area (TPSA) is 42.2 Å². The third-order valence-electron chi connectivity index (χ3n) is 4.29. The van der Waals surface area contributed by atoms with Crippen molar-refractivity contribution in [2.45, 2.75) is 0 Å². The number of rotatable bonds is 3. The Labute approximate surface area is 139 Å². The Morgan fingerprint density at radius 2 is 1.42 bits per heavy atom. The Bertz CT molecular complexity index is 1050. The molecule has 0 spiro atoms. The van der Waals surface area contributed by atoms with Crippen molar-refractivity contribution >= 4 is 33.3 Å². The van der Waals surface area contributed by atoms with Crippen molar-refractivity contribution in [1.29, 1.82) is 0 Å². The number of carboxylic acid groups (broad SMARTS) is 1. The van der Waals surface area contributed by atoms with Crippen LogP contribution in [-0.4, -0.2) is 15.6 Å². The summed E-state index contributed by atoms with van der Waals surface area (Å²) in [6.45, 7) is 3.66. The van der Waals surface area contributed by atoms with Gasteiger partial charge in [0, 0.05) is 16.5 Å². The highest BCUT2D eigenvalue weighted by atomic mass is 16.4. The molecule has 3 aromatic carbocycles. The van der Waals surface area contributed by atoms with Crippen LogP contribution in [0.3, 0.4) is 0 Å². The number of benzene rings is 3. The number of aliphatic carboxylic acids is 1. The minimum absolute atomic E-state index is 0.0950. The van der Waals surface area contributed by atoms with Gasteiger partial charge in [0.05, 0.1) is 16.6 Å². The van der Waals surface area contributed by atoms with Gasteiger partial charge in [-0.05, 0) is 29.8 Å². The molecule has 0 unspecified atom stereocenters. The van der Waals surface area contributed by atoms with Crippen molar-refractivity contribution in [3.8, 4) is 5.69 Å². The van der Waals surface area contributed by atoms with Gasteiger partial charge in [0.15, 0.2) is 0 Å². The van der Waals surface area contributed by atoms with E-state index >= 15 is 0 Å². The van der Waals surface area contributed by atoms with Gasteiger partial charge in [-0.1, -0.05) is 55.1 Å². The summed E-state index contributed by atoms with van der Waals surface area (Å²) in [4.78, 5) is 11.2. The van der Waals surface area contributed by atoms with Gasteiger partial charge >= 0.3 is 5.97 Å². The smallest absolute Gasteiger partial charge is 0.335 e. The molecule has 0 fully saturated rings. The van der Waals surface area contributed by atoms with E-state index in [0.717, 1.165) is 16.7 Å². The molecular formula is C21H15NO2. The molecule has 3 nitrogen and oxygen atoms in total. The molecule has 0 aliphatic rings. The second-order valence-electron chi connectivity index (χ2n) is 5.70. The van der Waals surface area contributed by atoms with Crippen LogP contribution < -0.4 is 0 Å². The lowest BCUT2D eigenvalue weighted by Crippen LogP contribution is -2.00. The number of para-hydroxylation sites is 2. The van der Waals surface area contributed by atoms with Crippen LogP contribution >= 0.6 is 0 Å². The molecule has 0 amide bonds.